The van der Waals surface area contributed by atoms with Crippen molar-refractivity contribution in [2.75, 3.05) is 11.8 Å². The van der Waals surface area contributed by atoms with Gasteiger partial charge in [0, 0.05) is 18.9 Å². The average molecular weight is 278 g/mol. The maximum absolute atomic E-state index is 12.0. The zero-order valence-corrected chi connectivity index (χ0v) is 11.2. The summed E-state index contributed by atoms with van der Waals surface area (Å²) in [5, 5.41) is 2.94. The van der Waals surface area contributed by atoms with Crippen LogP contribution in [-0.2, 0) is 16.6 Å². The number of aromatic nitrogens is 2. The van der Waals surface area contributed by atoms with Crippen LogP contribution in [0.3, 0.4) is 0 Å². The van der Waals surface area contributed by atoms with Gasteiger partial charge in [-0.3, -0.25) is 4.72 Å². The van der Waals surface area contributed by atoms with Crippen molar-refractivity contribution in [3.8, 4) is 0 Å². The van der Waals surface area contributed by atoms with E-state index in [9.17, 15) is 8.42 Å². The molecule has 6 nitrogen and oxygen atoms in total. The van der Waals surface area contributed by atoms with E-state index in [0.717, 1.165) is 5.56 Å². The summed E-state index contributed by atoms with van der Waals surface area (Å²) in [6.45, 7) is 0.640. The molecule has 19 heavy (non-hydrogen) atoms. The highest BCUT2D eigenvalue weighted by molar-refractivity contribution is 7.92. The smallest absolute Gasteiger partial charge is 0.280 e. The van der Waals surface area contributed by atoms with E-state index in [0.29, 0.717) is 6.54 Å². The van der Waals surface area contributed by atoms with Crippen LogP contribution in [0.25, 0.3) is 0 Å². The van der Waals surface area contributed by atoms with Crippen molar-refractivity contribution in [1.29, 1.82) is 0 Å². The van der Waals surface area contributed by atoms with Gasteiger partial charge in [-0.2, -0.15) is 8.42 Å². The second-order valence-electron chi connectivity index (χ2n) is 3.86. The Morgan fingerprint density at radius 1 is 1.16 bits per heavy atom. The maximum atomic E-state index is 12.0. The van der Waals surface area contributed by atoms with Crippen molar-refractivity contribution < 1.29 is 8.42 Å². The van der Waals surface area contributed by atoms with Gasteiger partial charge in [-0.25, -0.2) is 9.97 Å². The minimum Gasteiger partial charge on any atom is -0.316 e. The van der Waals surface area contributed by atoms with Crippen LogP contribution in [0, 0.1) is 0 Å². The standard InChI is InChI=1S/C12H14N4O2S/c1-13-8-10-5-6-12(15-9-10)19(17,18)16-11-4-2-3-7-14-11/h2-7,9,13H,8H2,1H3,(H,14,16). The van der Waals surface area contributed by atoms with E-state index in [4.69, 9.17) is 0 Å². The second kappa shape index (κ2) is 5.77. The minimum absolute atomic E-state index is 0.0296. The molecule has 0 fully saturated rings. The molecule has 2 heterocycles. The van der Waals surface area contributed by atoms with E-state index in [2.05, 4.69) is 20.0 Å². The van der Waals surface area contributed by atoms with Gasteiger partial charge >= 0.3 is 0 Å². The number of rotatable bonds is 5. The van der Waals surface area contributed by atoms with E-state index >= 15 is 0 Å². The highest BCUT2D eigenvalue weighted by Gasteiger charge is 2.15. The Balaban J connectivity index is 2.20. The lowest BCUT2D eigenvalue weighted by atomic mass is 10.3. The van der Waals surface area contributed by atoms with Crippen molar-refractivity contribution in [2.24, 2.45) is 0 Å². The first-order valence-electron chi connectivity index (χ1n) is 5.65. The number of nitrogens with zero attached hydrogens (tertiary/aromatic N) is 2. The first-order chi connectivity index (χ1) is 9.12. The summed E-state index contributed by atoms with van der Waals surface area (Å²) in [6.07, 6.45) is 3.05. The van der Waals surface area contributed by atoms with E-state index in [1.807, 2.05) is 7.05 Å². The summed E-state index contributed by atoms with van der Waals surface area (Å²) >= 11 is 0. The molecule has 100 valence electrons. The summed E-state index contributed by atoms with van der Waals surface area (Å²) in [5.74, 6) is 0.267. The lowest BCUT2D eigenvalue weighted by molar-refractivity contribution is 0.597. The molecule has 0 aliphatic carbocycles. The molecule has 0 aliphatic heterocycles. The topological polar surface area (TPSA) is 84.0 Å². The van der Waals surface area contributed by atoms with Crippen molar-refractivity contribution in [3.05, 3.63) is 48.3 Å². The first-order valence-corrected chi connectivity index (χ1v) is 7.13. The molecule has 0 saturated heterocycles. The highest BCUT2D eigenvalue weighted by atomic mass is 32.2. The summed E-state index contributed by atoms with van der Waals surface area (Å²) in [4.78, 5) is 7.86. The number of sulfonamides is 1. The Labute approximate surface area is 112 Å². The van der Waals surface area contributed by atoms with Crippen LogP contribution in [0.4, 0.5) is 5.82 Å². The number of hydrogen-bond donors (Lipinski definition) is 2. The van der Waals surface area contributed by atoms with Gasteiger partial charge in [-0.1, -0.05) is 12.1 Å². The molecule has 2 aromatic heterocycles. The predicted octanol–water partition coefficient (Wildman–Crippen LogP) is 0.997. The molecule has 2 aromatic rings. The van der Waals surface area contributed by atoms with Gasteiger partial charge in [0.15, 0.2) is 5.03 Å². The van der Waals surface area contributed by atoms with E-state index in [1.54, 1.807) is 24.3 Å². The van der Waals surface area contributed by atoms with Crippen LogP contribution < -0.4 is 10.0 Å². The van der Waals surface area contributed by atoms with Gasteiger partial charge in [0.2, 0.25) is 0 Å². The summed E-state index contributed by atoms with van der Waals surface area (Å²) in [7, 11) is -1.88. The largest absolute Gasteiger partial charge is 0.316 e. The van der Waals surface area contributed by atoms with Crippen molar-refractivity contribution in [1.82, 2.24) is 15.3 Å². The zero-order valence-electron chi connectivity index (χ0n) is 10.4. The van der Waals surface area contributed by atoms with Crippen LogP contribution in [0.15, 0.2) is 47.8 Å². The highest BCUT2D eigenvalue weighted by Crippen LogP contribution is 2.12. The molecule has 0 aliphatic rings. The molecule has 0 amide bonds. The van der Waals surface area contributed by atoms with Crippen LogP contribution >= 0.6 is 0 Å². The third-order valence-corrected chi connectivity index (χ3v) is 3.63. The second-order valence-corrected chi connectivity index (χ2v) is 5.48. The Bertz CT molecular complexity index is 627. The molecule has 0 spiro atoms. The van der Waals surface area contributed by atoms with Crippen molar-refractivity contribution in [2.45, 2.75) is 11.6 Å². The monoisotopic (exact) mass is 278 g/mol. The van der Waals surface area contributed by atoms with Gasteiger partial charge in [0.1, 0.15) is 5.82 Å². The third-order valence-electron chi connectivity index (χ3n) is 2.36. The number of nitrogens with one attached hydrogen (secondary N) is 2. The number of pyridine rings is 2. The van der Waals surface area contributed by atoms with E-state index < -0.39 is 10.0 Å². The first kappa shape index (κ1) is 13.4. The fourth-order valence-corrected chi connectivity index (χ4v) is 2.43. The molecule has 0 unspecified atom stereocenters. The summed E-state index contributed by atoms with van der Waals surface area (Å²) < 4.78 is 26.5. The van der Waals surface area contributed by atoms with Crippen LogP contribution in [0.5, 0.6) is 0 Å². The Hall–Kier alpha value is -1.99. The average Bonchev–Trinajstić information content (AvgIpc) is 2.40. The molecule has 0 saturated carbocycles. The van der Waals surface area contributed by atoms with Crippen molar-refractivity contribution in [3.63, 3.8) is 0 Å². The van der Waals surface area contributed by atoms with Gasteiger partial charge < -0.3 is 5.32 Å². The predicted molar refractivity (Wildman–Crippen MR) is 72.0 cm³/mol. The van der Waals surface area contributed by atoms with Crippen LogP contribution in [-0.4, -0.2) is 25.4 Å². The fraction of sp³-hybridized carbons (Fsp3) is 0.167. The fourth-order valence-electron chi connectivity index (χ4n) is 1.49. The van der Waals surface area contributed by atoms with E-state index in [1.165, 1.54) is 18.5 Å². The SMILES string of the molecule is CNCc1ccc(S(=O)(=O)Nc2ccccn2)nc1. The Morgan fingerprint density at radius 2 is 2.00 bits per heavy atom. The normalized spacial score (nSPS) is 11.2. The van der Waals surface area contributed by atoms with E-state index in [-0.39, 0.29) is 10.8 Å². The maximum Gasteiger partial charge on any atom is 0.280 e. The minimum atomic E-state index is -3.69. The van der Waals surface area contributed by atoms with Gasteiger partial charge in [0.25, 0.3) is 10.0 Å². The Morgan fingerprint density at radius 3 is 2.58 bits per heavy atom. The summed E-state index contributed by atoms with van der Waals surface area (Å²) in [5.41, 5.74) is 0.916. The molecule has 2 N–H and O–H groups in total. The number of hydrogen-bond acceptors (Lipinski definition) is 5. The number of anilines is 1. The molecular weight excluding hydrogens is 264 g/mol. The molecular formula is C12H14N4O2S. The van der Waals surface area contributed by atoms with Crippen LogP contribution in [0.1, 0.15) is 5.56 Å². The molecule has 2 rings (SSSR count). The molecule has 0 aromatic carbocycles. The lowest BCUT2D eigenvalue weighted by Gasteiger charge is -2.07. The van der Waals surface area contributed by atoms with Gasteiger partial charge in [0.05, 0.1) is 0 Å². The Kier molecular flexibility index (Phi) is 4.08. The van der Waals surface area contributed by atoms with Gasteiger partial charge in [-0.05, 0) is 30.8 Å². The third kappa shape index (κ3) is 3.49. The quantitative estimate of drug-likeness (QED) is 0.852. The molecule has 0 bridgehead atoms. The lowest BCUT2D eigenvalue weighted by Crippen LogP contribution is -2.15. The molecule has 0 atom stereocenters. The van der Waals surface area contributed by atoms with Gasteiger partial charge in [-0.15, -0.1) is 0 Å². The molecule has 7 heteroatoms. The molecule has 0 radical (unpaired) electrons. The van der Waals surface area contributed by atoms with Crippen molar-refractivity contribution >= 4 is 15.8 Å². The van der Waals surface area contributed by atoms with Crippen LogP contribution in [0.2, 0.25) is 0 Å². The zero-order chi connectivity index (χ0) is 13.7. The summed E-state index contributed by atoms with van der Waals surface area (Å²) in [6, 6.07) is 8.18.